The number of carbonyl (C=O) groups excluding carboxylic acids is 2. The van der Waals surface area contributed by atoms with E-state index in [9.17, 15) is 13.8 Å². The van der Waals surface area contributed by atoms with Crippen LogP contribution in [0.25, 0.3) is 10.9 Å². The lowest BCUT2D eigenvalue weighted by Gasteiger charge is -2.06. The summed E-state index contributed by atoms with van der Waals surface area (Å²) < 4.78 is 15.0. The highest BCUT2D eigenvalue weighted by Crippen LogP contribution is 2.27. The molecule has 2 amide bonds. The number of benzene rings is 2. The fraction of sp³-hybridized carbons (Fsp3) is 0. The predicted octanol–water partition coefficient (Wildman–Crippen LogP) is 2.37. The number of primary amides is 1. The fourth-order valence-electron chi connectivity index (χ4n) is 2.29. The Hall–Kier alpha value is -2.64. The summed E-state index contributed by atoms with van der Waals surface area (Å²) in [5.74, 6) is -1.31. The lowest BCUT2D eigenvalue weighted by molar-refractivity contribution is 0.0975. The average molecular weight is 362 g/mol. The molecule has 8 heteroatoms. The summed E-state index contributed by atoms with van der Waals surface area (Å²) in [6.45, 7) is 0. The largest absolute Gasteiger partial charge is 0.364 e. The van der Waals surface area contributed by atoms with E-state index in [1.807, 2.05) is 0 Å². The van der Waals surface area contributed by atoms with Gasteiger partial charge < -0.3 is 10.7 Å². The van der Waals surface area contributed by atoms with Crippen LogP contribution in [0, 0.1) is 0 Å². The van der Waals surface area contributed by atoms with Crippen LogP contribution in [-0.2, 0) is 11.0 Å². The van der Waals surface area contributed by atoms with E-state index in [1.165, 1.54) is 0 Å². The second-order valence-electron chi connectivity index (χ2n) is 4.95. The first-order valence-electron chi connectivity index (χ1n) is 6.86. The van der Waals surface area contributed by atoms with Crippen LogP contribution in [0.15, 0.2) is 53.4 Å². The van der Waals surface area contributed by atoms with E-state index < -0.39 is 22.8 Å². The second-order valence-corrected chi connectivity index (χ2v) is 6.54. The number of hydrogen-bond donors (Lipinski definition) is 3. The number of nitrogens with one attached hydrogen (secondary N) is 2. The lowest BCUT2D eigenvalue weighted by Crippen LogP contribution is -2.27. The third-order valence-corrected chi connectivity index (χ3v) is 4.77. The van der Waals surface area contributed by atoms with Gasteiger partial charge in [-0.1, -0.05) is 29.8 Å². The summed E-state index contributed by atoms with van der Waals surface area (Å²) in [6, 6.07) is 13.2. The van der Waals surface area contributed by atoms with E-state index in [1.54, 1.807) is 48.5 Å². The number of H-pyrrole nitrogens is 1. The monoisotopic (exact) mass is 361 g/mol. The summed E-state index contributed by atoms with van der Waals surface area (Å²) in [7, 11) is -1.99. The molecule has 4 N–H and O–H groups in total. The molecule has 1 aromatic heterocycles. The minimum absolute atomic E-state index is 0.0287. The normalized spacial score (nSPS) is 12.0. The van der Waals surface area contributed by atoms with Gasteiger partial charge in [-0.3, -0.25) is 14.3 Å². The number of halogens is 1. The maximum Gasteiger partial charge on any atom is 0.266 e. The van der Waals surface area contributed by atoms with E-state index >= 15 is 0 Å². The molecule has 0 radical (unpaired) electrons. The molecule has 0 saturated heterocycles. The number of rotatable bonds is 4. The predicted molar refractivity (Wildman–Crippen MR) is 92.1 cm³/mol. The number of fused-ring (bicyclic) bond motifs is 1. The summed E-state index contributed by atoms with van der Waals surface area (Å²) in [5.41, 5.74) is 6.22. The van der Waals surface area contributed by atoms with Gasteiger partial charge >= 0.3 is 0 Å². The van der Waals surface area contributed by atoms with Crippen LogP contribution in [-0.4, -0.2) is 21.0 Å². The maximum absolute atomic E-state index is 12.6. The molecule has 122 valence electrons. The first kappa shape index (κ1) is 16.2. The number of aromatic nitrogens is 1. The quantitative estimate of drug-likeness (QED) is 0.664. The van der Waals surface area contributed by atoms with Crippen LogP contribution in [0.3, 0.4) is 0 Å². The van der Waals surface area contributed by atoms with Gasteiger partial charge in [0.1, 0.15) is 5.69 Å². The number of aromatic amines is 1. The molecule has 0 aliphatic carbocycles. The molecule has 3 aromatic rings. The standard InChI is InChI=1S/C16H12ClN3O3S/c17-10-6-7-12-11(8-10)14(13(19-12)15(18)21)24(23)20-16(22)9-4-2-1-3-5-9/h1-8,19H,(H2,18,21)(H,20,22). The smallest absolute Gasteiger partial charge is 0.266 e. The fourth-order valence-corrected chi connectivity index (χ4v) is 3.56. The zero-order chi connectivity index (χ0) is 17.3. The van der Waals surface area contributed by atoms with Gasteiger partial charge in [-0.2, -0.15) is 0 Å². The Morgan fingerprint density at radius 1 is 1.12 bits per heavy atom. The molecule has 0 bridgehead atoms. The molecule has 0 spiro atoms. The minimum Gasteiger partial charge on any atom is -0.364 e. The minimum atomic E-state index is -1.99. The maximum atomic E-state index is 12.6. The molecular weight excluding hydrogens is 350 g/mol. The topological polar surface area (TPSA) is 105 Å². The van der Waals surface area contributed by atoms with Crippen molar-refractivity contribution in [2.75, 3.05) is 0 Å². The number of carbonyl (C=O) groups is 2. The molecular formula is C16H12ClN3O3S. The van der Waals surface area contributed by atoms with Crippen LogP contribution in [0.1, 0.15) is 20.8 Å². The molecule has 3 rings (SSSR count). The van der Waals surface area contributed by atoms with Gasteiger partial charge in [0.2, 0.25) is 0 Å². The highest BCUT2D eigenvalue weighted by molar-refractivity contribution is 7.84. The zero-order valence-corrected chi connectivity index (χ0v) is 13.8. The van der Waals surface area contributed by atoms with E-state index in [0.717, 1.165) is 0 Å². The van der Waals surface area contributed by atoms with Gasteiger partial charge in [0.25, 0.3) is 11.8 Å². The molecule has 6 nitrogen and oxygen atoms in total. The van der Waals surface area contributed by atoms with Crippen molar-refractivity contribution in [1.82, 2.24) is 9.71 Å². The van der Waals surface area contributed by atoms with Crippen LogP contribution in [0.5, 0.6) is 0 Å². The molecule has 0 fully saturated rings. The van der Waals surface area contributed by atoms with Crippen molar-refractivity contribution in [2.45, 2.75) is 4.90 Å². The second kappa shape index (κ2) is 6.46. The molecule has 24 heavy (non-hydrogen) atoms. The van der Waals surface area contributed by atoms with Crippen molar-refractivity contribution in [3.05, 3.63) is 64.8 Å². The average Bonchev–Trinajstić information content (AvgIpc) is 2.94. The van der Waals surface area contributed by atoms with Crippen LogP contribution < -0.4 is 10.5 Å². The summed E-state index contributed by atoms with van der Waals surface area (Å²) >= 11 is 5.97. The Morgan fingerprint density at radius 3 is 2.50 bits per heavy atom. The Balaban J connectivity index is 2.03. The third-order valence-electron chi connectivity index (χ3n) is 3.37. The molecule has 1 heterocycles. The van der Waals surface area contributed by atoms with Gasteiger partial charge in [-0.25, -0.2) is 4.21 Å². The van der Waals surface area contributed by atoms with Crippen LogP contribution >= 0.6 is 11.6 Å². The zero-order valence-electron chi connectivity index (χ0n) is 12.2. The van der Waals surface area contributed by atoms with Gasteiger partial charge in [0.15, 0.2) is 11.0 Å². The molecule has 1 atom stereocenters. The van der Waals surface area contributed by atoms with Gasteiger partial charge in [0, 0.05) is 21.5 Å². The molecule has 0 aliphatic rings. The molecule has 0 saturated carbocycles. The number of nitrogens with two attached hydrogens (primary N) is 1. The molecule has 2 aromatic carbocycles. The third kappa shape index (κ3) is 3.04. The molecule has 0 aliphatic heterocycles. The van der Waals surface area contributed by atoms with Crippen molar-refractivity contribution < 1.29 is 13.8 Å². The van der Waals surface area contributed by atoms with Crippen LogP contribution in [0.2, 0.25) is 5.02 Å². The summed E-state index contributed by atoms with van der Waals surface area (Å²) in [5, 5.41) is 0.869. The number of hydrogen-bond acceptors (Lipinski definition) is 3. The van der Waals surface area contributed by atoms with Gasteiger partial charge in [-0.15, -0.1) is 0 Å². The van der Waals surface area contributed by atoms with Crippen molar-refractivity contribution in [2.24, 2.45) is 5.73 Å². The van der Waals surface area contributed by atoms with Crippen molar-refractivity contribution in [1.29, 1.82) is 0 Å². The Bertz CT molecular complexity index is 969. The van der Waals surface area contributed by atoms with E-state index in [2.05, 4.69) is 9.71 Å². The van der Waals surface area contributed by atoms with E-state index in [-0.39, 0.29) is 10.6 Å². The number of amides is 2. The van der Waals surface area contributed by atoms with Crippen molar-refractivity contribution in [3.63, 3.8) is 0 Å². The van der Waals surface area contributed by atoms with Crippen LogP contribution in [0.4, 0.5) is 0 Å². The van der Waals surface area contributed by atoms with Crippen molar-refractivity contribution in [3.8, 4) is 0 Å². The first-order valence-corrected chi connectivity index (χ1v) is 8.39. The highest BCUT2D eigenvalue weighted by atomic mass is 35.5. The van der Waals surface area contributed by atoms with Gasteiger partial charge in [-0.05, 0) is 30.3 Å². The Labute approximate surface area is 144 Å². The van der Waals surface area contributed by atoms with E-state index in [0.29, 0.717) is 21.5 Å². The Kier molecular flexibility index (Phi) is 4.37. The summed E-state index contributed by atoms with van der Waals surface area (Å²) in [6.07, 6.45) is 0. The lowest BCUT2D eigenvalue weighted by atomic mass is 10.2. The summed E-state index contributed by atoms with van der Waals surface area (Å²) in [4.78, 5) is 26.7. The Morgan fingerprint density at radius 2 is 1.83 bits per heavy atom. The van der Waals surface area contributed by atoms with E-state index in [4.69, 9.17) is 17.3 Å². The van der Waals surface area contributed by atoms with Gasteiger partial charge in [0.05, 0.1) is 4.90 Å². The van der Waals surface area contributed by atoms with Crippen molar-refractivity contribution >= 4 is 45.3 Å². The first-order chi connectivity index (χ1) is 11.5. The SMILES string of the molecule is NC(=O)c1[nH]c2ccc(Cl)cc2c1S(=O)NC(=O)c1ccccc1. The highest BCUT2D eigenvalue weighted by Gasteiger charge is 2.22. The molecule has 1 unspecified atom stereocenters.